The summed E-state index contributed by atoms with van der Waals surface area (Å²) in [6.07, 6.45) is 0. The minimum absolute atomic E-state index is 0. The van der Waals surface area contributed by atoms with Gasteiger partial charge in [-0.05, 0) is 0 Å². The van der Waals surface area contributed by atoms with Crippen LogP contribution < -0.4 is 0 Å². The quantitative estimate of drug-likeness (QED) is 0.643. The van der Waals surface area contributed by atoms with Crippen molar-refractivity contribution in [2.24, 2.45) is 5.41 Å². The largest absolute Gasteiger partial charge is 0.554 e. The summed E-state index contributed by atoms with van der Waals surface area (Å²) in [7, 11) is 3.14. The average Bonchev–Trinajstić information content (AvgIpc) is 1.89. The van der Waals surface area contributed by atoms with Crippen LogP contribution in [0.4, 0.5) is 0 Å². The predicted molar refractivity (Wildman–Crippen MR) is 33.6 cm³/mol. The van der Waals surface area contributed by atoms with Crippen molar-refractivity contribution in [3.8, 4) is 0 Å². The van der Waals surface area contributed by atoms with Gasteiger partial charge in [0.2, 0.25) is 0 Å². The number of ether oxygens (including phenoxy) is 1. The van der Waals surface area contributed by atoms with Crippen LogP contribution in [0.15, 0.2) is 0 Å². The molecule has 3 nitrogen and oxygen atoms in total. The summed E-state index contributed by atoms with van der Waals surface area (Å²) in [5, 5.41) is 17.3. The molecular weight excluding hydrogens is 387 g/mol. The van der Waals surface area contributed by atoms with Gasteiger partial charge < -0.3 is 14.9 Å². The molecular formula is C6H13O3Rf-. The van der Waals surface area contributed by atoms with E-state index in [0.717, 1.165) is 0 Å². The van der Waals surface area contributed by atoms with Crippen LogP contribution in [0.2, 0.25) is 0 Å². The fourth-order valence-electron chi connectivity index (χ4n) is 0.388. The number of hydrogen-bond acceptors (Lipinski definition) is 3. The normalized spacial score (nSPS) is 10.8. The van der Waals surface area contributed by atoms with Crippen molar-refractivity contribution in [3.63, 3.8) is 0 Å². The summed E-state index contributed by atoms with van der Waals surface area (Å²) >= 11 is 0. The molecule has 58 valence electrons. The van der Waals surface area contributed by atoms with Gasteiger partial charge in [-0.1, -0.05) is 6.92 Å². The summed E-state index contributed by atoms with van der Waals surface area (Å²) in [5.41, 5.74) is -0.540. The third kappa shape index (κ3) is 3.02. The van der Waals surface area contributed by atoms with Crippen LogP contribution in [-0.4, -0.2) is 30.0 Å². The van der Waals surface area contributed by atoms with Gasteiger partial charge in [0.25, 0.3) is 0 Å². The van der Waals surface area contributed by atoms with E-state index in [1.807, 2.05) is 0 Å². The second-order valence-corrected chi connectivity index (χ2v) is 2.48. The Bertz CT molecular complexity index is 73.4. The number of rotatable bonds is 4. The number of aliphatic hydroxyl groups excluding tert-OH is 2. The Balaban J connectivity index is 0. The molecule has 0 bridgehead atoms. The van der Waals surface area contributed by atoms with Crippen LogP contribution in [0.3, 0.4) is 0 Å². The molecule has 0 saturated carbocycles. The van der Waals surface area contributed by atoms with Crippen LogP contribution >= 0.6 is 0 Å². The minimum Gasteiger partial charge on any atom is -0.554 e. The van der Waals surface area contributed by atoms with Crippen molar-refractivity contribution in [2.75, 3.05) is 19.8 Å². The smallest absolute Gasteiger partial charge is 0.0527 e. The van der Waals surface area contributed by atoms with Crippen LogP contribution in [0, 0.1) is 12.5 Å². The molecule has 0 spiro atoms. The van der Waals surface area contributed by atoms with E-state index in [4.69, 9.17) is 10.2 Å². The van der Waals surface area contributed by atoms with Crippen LogP contribution in [0.1, 0.15) is 6.92 Å². The molecule has 0 saturated heterocycles. The third-order valence-electron chi connectivity index (χ3n) is 1.21. The van der Waals surface area contributed by atoms with Crippen molar-refractivity contribution in [1.29, 1.82) is 0 Å². The topological polar surface area (TPSA) is 49.7 Å². The van der Waals surface area contributed by atoms with Crippen molar-refractivity contribution in [1.82, 2.24) is 0 Å². The van der Waals surface area contributed by atoms with Gasteiger partial charge in [0.15, 0.2) is 0 Å². The van der Waals surface area contributed by atoms with E-state index < -0.39 is 5.41 Å². The van der Waals surface area contributed by atoms with Crippen molar-refractivity contribution in [2.45, 2.75) is 6.92 Å². The van der Waals surface area contributed by atoms with Gasteiger partial charge in [-0.25, -0.2) is 7.11 Å². The molecule has 0 heterocycles. The Labute approximate surface area is 55.3 Å². The van der Waals surface area contributed by atoms with Gasteiger partial charge in [-0.15, -0.1) is 0 Å². The van der Waals surface area contributed by atoms with Gasteiger partial charge >= 0.3 is 0 Å². The molecule has 4 heteroatoms. The molecule has 10 heavy (non-hydrogen) atoms. The molecule has 0 radical (unpaired) electrons. The molecule has 0 aliphatic carbocycles. The summed E-state index contributed by atoms with van der Waals surface area (Å²) in [6, 6.07) is 0. The predicted octanol–water partition coefficient (Wildman–Crippen LogP) is -0.215. The number of aliphatic hydroxyl groups is 2. The van der Waals surface area contributed by atoms with Gasteiger partial charge in [-0.2, -0.15) is 0 Å². The van der Waals surface area contributed by atoms with Gasteiger partial charge in [0.05, 0.1) is 13.2 Å². The van der Waals surface area contributed by atoms with E-state index in [1.165, 1.54) is 0 Å². The van der Waals surface area contributed by atoms with E-state index in [0.29, 0.717) is 0 Å². The third-order valence-corrected chi connectivity index (χ3v) is 1.21. The molecule has 0 atom stereocenters. The maximum absolute atomic E-state index is 8.65. The molecule has 0 aromatic heterocycles. The first-order valence-corrected chi connectivity index (χ1v) is 2.77. The first-order valence-electron chi connectivity index (χ1n) is 2.77. The standard InChI is InChI=1S/C6H13O3.Rf/c1-6(3-7,4-8)5-9-2;/h7-8H,2-5H2,1H3;/q-1;. The summed E-state index contributed by atoms with van der Waals surface area (Å²) in [4.78, 5) is 0. The summed E-state index contributed by atoms with van der Waals surface area (Å²) in [6.45, 7) is 1.83. The zero-order valence-corrected chi connectivity index (χ0v) is 12.7. The number of hydrogen-bond donors (Lipinski definition) is 2. The second kappa shape index (κ2) is 4.73. The fourth-order valence-corrected chi connectivity index (χ4v) is 0.388. The van der Waals surface area contributed by atoms with Crippen molar-refractivity contribution < 1.29 is 14.9 Å². The zero-order chi connectivity index (χ0) is 7.33. The van der Waals surface area contributed by atoms with E-state index in [1.54, 1.807) is 6.92 Å². The van der Waals surface area contributed by atoms with Crippen LogP contribution in [0.25, 0.3) is 0 Å². The molecule has 0 unspecified atom stereocenters. The monoisotopic (exact) mass is 400 g/mol. The van der Waals surface area contributed by atoms with Crippen LogP contribution in [-0.2, 0) is 4.74 Å². The summed E-state index contributed by atoms with van der Waals surface area (Å²) in [5.74, 6) is 0. The van der Waals surface area contributed by atoms with Crippen LogP contribution in [0.5, 0.6) is 0 Å². The summed E-state index contributed by atoms with van der Waals surface area (Å²) < 4.78 is 4.52. The van der Waals surface area contributed by atoms with Gasteiger partial charge in [-0.3, -0.25) is 0 Å². The van der Waals surface area contributed by atoms with E-state index >= 15 is 0 Å². The molecule has 0 aromatic rings. The maximum Gasteiger partial charge on any atom is 0.0527 e. The minimum atomic E-state index is -0.540. The fraction of sp³-hybridized carbons (Fsp3) is 0.833. The second-order valence-electron chi connectivity index (χ2n) is 2.48. The Morgan fingerprint density at radius 3 is 1.90 bits per heavy atom. The van der Waals surface area contributed by atoms with E-state index in [9.17, 15) is 0 Å². The first-order chi connectivity index (χ1) is 4.18. The molecule has 0 amide bonds. The molecule has 2 N–H and O–H groups in total. The Kier molecular flexibility index (Phi) is 5.51. The molecule has 0 aliphatic rings. The maximum atomic E-state index is 8.65. The van der Waals surface area contributed by atoms with Crippen molar-refractivity contribution >= 4 is 0 Å². The molecule has 0 rings (SSSR count). The van der Waals surface area contributed by atoms with E-state index in [-0.39, 0.29) is 19.8 Å². The van der Waals surface area contributed by atoms with Gasteiger partial charge in [0, 0.05) is 12.0 Å². The molecule has 0 aliphatic heterocycles. The Morgan fingerprint density at radius 2 is 1.80 bits per heavy atom. The first kappa shape index (κ1) is 11.6. The Hall–Kier alpha value is -1.12. The molecule has 0 aromatic carbocycles. The van der Waals surface area contributed by atoms with Gasteiger partial charge in [0.1, 0.15) is 0 Å². The Morgan fingerprint density at radius 1 is 1.40 bits per heavy atom. The average molecular weight is 400 g/mol. The van der Waals surface area contributed by atoms with Crippen molar-refractivity contribution in [3.05, 3.63) is 7.11 Å². The zero-order valence-electron chi connectivity index (χ0n) is 6.34. The SMILES string of the molecule is [CH2-]OCC(C)(CO)CO.[Rf]. The molecule has 0 fully saturated rings. The van der Waals surface area contributed by atoms with E-state index in [2.05, 4.69) is 11.8 Å².